The second kappa shape index (κ2) is 9.11. The van der Waals surface area contributed by atoms with E-state index in [1.807, 2.05) is 6.07 Å². The van der Waals surface area contributed by atoms with Gasteiger partial charge < -0.3 is 4.74 Å². The van der Waals surface area contributed by atoms with E-state index in [1.165, 1.54) is 0 Å². The molecule has 8 nitrogen and oxygen atoms in total. The van der Waals surface area contributed by atoms with Crippen LogP contribution in [0.15, 0.2) is 30.3 Å². The maximum atomic E-state index is 12.0. The number of carbonyl (C=O) groups is 1. The lowest BCUT2D eigenvalue weighted by Gasteiger charge is -2.15. The van der Waals surface area contributed by atoms with Gasteiger partial charge in [0.15, 0.2) is 6.10 Å². The Morgan fingerprint density at radius 1 is 1.04 bits per heavy atom. The van der Waals surface area contributed by atoms with Gasteiger partial charge in [0.1, 0.15) is 6.61 Å². The fourth-order valence-corrected chi connectivity index (χ4v) is 2.73. The third-order valence-electron chi connectivity index (χ3n) is 2.69. The molecule has 0 bridgehead atoms. The summed E-state index contributed by atoms with van der Waals surface area (Å²) in [4.78, 5) is 12.0. The minimum Gasteiger partial charge on any atom is -0.459 e. The molecule has 1 unspecified atom stereocenters. The van der Waals surface area contributed by atoms with E-state index >= 15 is 0 Å². The van der Waals surface area contributed by atoms with Gasteiger partial charge in [0.25, 0.3) is 20.2 Å². The molecule has 1 rings (SSSR count). The van der Waals surface area contributed by atoms with Gasteiger partial charge in [0.2, 0.25) is 0 Å². The van der Waals surface area contributed by atoms with Crippen LogP contribution < -0.4 is 0 Å². The van der Waals surface area contributed by atoms with E-state index < -0.39 is 32.3 Å². The first-order valence-corrected chi connectivity index (χ1v) is 10.6. The topological polar surface area (TPSA) is 113 Å². The highest BCUT2D eigenvalue weighted by Crippen LogP contribution is 2.11. The van der Waals surface area contributed by atoms with Crippen molar-refractivity contribution in [3.8, 4) is 0 Å². The van der Waals surface area contributed by atoms with Crippen molar-refractivity contribution in [1.82, 2.24) is 0 Å². The molecule has 0 saturated heterocycles. The van der Waals surface area contributed by atoms with E-state index in [9.17, 15) is 21.6 Å². The van der Waals surface area contributed by atoms with Crippen molar-refractivity contribution in [2.45, 2.75) is 25.6 Å². The van der Waals surface area contributed by atoms with Crippen LogP contribution in [0.1, 0.15) is 18.4 Å². The van der Waals surface area contributed by atoms with Gasteiger partial charge in [-0.1, -0.05) is 30.3 Å². The highest BCUT2D eigenvalue weighted by atomic mass is 32.2. The van der Waals surface area contributed by atoms with E-state index in [-0.39, 0.29) is 26.1 Å². The van der Waals surface area contributed by atoms with Gasteiger partial charge >= 0.3 is 5.97 Å². The van der Waals surface area contributed by atoms with E-state index in [4.69, 9.17) is 8.92 Å². The Bertz CT molecular complexity index is 725. The molecule has 136 valence electrons. The van der Waals surface area contributed by atoms with Crippen LogP contribution in [0.25, 0.3) is 0 Å². The zero-order valence-corrected chi connectivity index (χ0v) is 15.0. The Hall–Kier alpha value is -1.49. The average molecular weight is 380 g/mol. The molecule has 0 aromatic heterocycles. The number of benzene rings is 1. The standard InChI is InChI=1S/C14H20O8S2/c1-23(16,17)21-10-6-9-13(22-24(2,18)19)14(15)20-11-12-7-4-3-5-8-12/h3-5,7-8,13H,6,9-11H2,1-2H3. The summed E-state index contributed by atoms with van der Waals surface area (Å²) in [5.41, 5.74) is 0.740. The highest BCUT2D eigenvalue weighted by molar-refractivity contribution is 7.86. The molecule has 10 heteroatoms. The fraction of sp³-hybridized carbons (Fsp3) is 0.500. The lowest BCUT2D eigenvalue weighted by molar-refractivity contribution is -0.153. The van der Waals surface area contributed by atoms with Crippen molar-refractivity contribution < 1.29 is 34.7 Å². The summed E-state index contributed by atoms with van der Waals surface area (Å²) in [5, 5.41) is 0. The predicted molar refractivity (Wildman–Crippen MR) is 86.0 cm³/mol. The number of carbonyl (C=O) groups excluding carboxylic acids is 1. The van der Waals surface area contributed by atoms with Crippen LogP contribution in [0.5, 0.6) is 0 Å². The third kappa shape index (κ3) is 9.60. The SMILES string of the molecule is CS(=O)(=O)OCCCC(OS(C)(=O)=O)C(=O)OCc1ccccc1. The Morgan fingerprint density at radius 2 is 1.67 bits per heavy atom. The molecule has 0 aliphatic heterocycles. The first-order valence-electron chi connectivity index (χ1n) is 7.00. The van der Waals surface area contributed by atoms with Gasteiger partial charge in [-0.25, -0.2) is 4.79 Å². The lowest BCUT2D eigenvalue weighted by Crippen LogP contribution is -2.29. The van der Waals surface area contributed by atoms with Crippen molar-refractivity contribution >= 4 is 26.2 Å². The van der Waals surface area contributed by atoms with Gasteiger partial charge in [0, 0.05) is 0 Å². The number of ether oxygens (including phenoxy) is 1. The molecule has 1 aromatic rings. The molecule has 1 aromatic carbocycles. The Kier molecular flexibility index (Phi) is 7.80. The van der Waals surface area contributed by atoms with Crippen LogP contribution in [0.4, 0.5) is 0 Å². The normalized spacial score (nSPS) is 13.4. The zero-order chi connectivity index (χ0) is 18.2. The summed E-state index contributed by atoms with van der Waals surface area (Å²) in [6.45, 7) is -0.211. The molecule has 0 N–H and O–H groups in total. The minimum absolute atomic E-state index is 0.0247. The quantitative estimate of drug-likeness (QED) is 0.333. The molecule has 0 heterocycles. The summed E-state index contributed by atoms with van der Waals surface area (Å²) >= 11 is 0. The summed E-state index contributed by atoms with van der Waals surface area (Å²) in [5.74, 6) is -0.844. The summed E-state index contributed by atoms with van der Waals surface area (Å²) in [7, 11) is -7.48. The van der Waals surface area contributed by atoms with Gasteiger partial charge in [-0.2, -0.15) is 16.8 Å². The highest BCUT2D eigenvalue weighted by Gasteiger charge is 2.25. The van der Waals surface area contributed by atoms with Crippen LogP contribution in [0, 0.1) is 0 Å². The molecule has 24 heavy (non-hydrogen) atoms. The van der Waals surface area contributed by atoms with Crippen molar-refractivity contribution in [3.05, 3.63) is 35.9 Å². The predicted octanol–water partition coefficient (Wildman–Crippen LogP) is 0.831. The second-order valence-corrected chi connectivity index (χ2v) is 8.30. The molecule has 0 saturated carbocycles. The van der Waals surface area contributed by atoms with Crippen LogP contribution in [0.2, 0.25) is 0 Å². The fourth-order valence-electron chi connectivity index (χ4n) is 1.72. The third-order valence-corrected chi connectivity index (χ3v) is 3.86. The first kappa shape index (κ1) is 20.6. The molecule has 1 atom stereocenters. The Morgan fingerprint density at radius 3 is 2.21 bits per heavy atom. The van der Waals surface area contributed by atoms with Gasteiger partial charge in [-0.05, 0) is 18.4 Å². The summed E-state index contributed by atoms with van der Waals surface area (Å²) < 4.78 is 58.5. The van der Waals surface area contributed by atoms with E-state index in [0.717, 1.165) is 18.1 Å². The van der Waals surface area contributed by atoms with Gasteiger partial charge in [0.05, 0.1) is 19.1 Å². The molecule has 0 radical (unpaired) electrons. The van der Waals surface area contributed by atoms with E-state index in [2.05, 4.69) is 4.18 Å². The molecule has 0 aliphatic rings. The van der Waals surface area contributed by atoms with Crippen molar-refractivity contribution in [3.63, 3.8) is 0 Å². The number of hydrogen-bond donors (Lipinski definition) is 0. The smallest absolute Gasteiger partial charge is 0.337 e. The van der Waals surface area contributed by atoms with Crippen LogP contribution in [-0.4, -0.2) is 48.0 Å². The summed E-state index contributed by atoms with van der Waals surface area (Å²) in [6.07, 6.45) is 0.402. The molecular weight excluding hydrogens is 360 g/mol. The second-order valence-electron chi connectivity index (χ2n) is 5.05. The van der Waals surface area contributed by atoms with E-state index in [0.29, 0.717) is 0 Å². The van der Waals surface area contributed by atoms with Crippen molar-refractivity contribution in [1.29, 1.82) is 0 Å². The molecule has 0 fully saturated rings. The lowest BCUT2D eigenvalue weighted by atomic mass is 10.2. The number of esters is 1. The zero-order valence-electron chi connectivity index (χ0n) is 13.4. The molecular formula is C14H20O8S2. The summed E-state index contributed by atoms with van der Waals surface area (Å²) in [6, 6.07) is 8.86. The largest absolute Gasteiger partial charge is 0.459 e. The van der Waals surface area contributed by atoms with Crippen molar-refractivity contribution in [2.75, 3.05) is 19.1 Å². The van der Waals surface area contributed by atoms with Crippen LogP contribution in [-0.2, 0) is 44.7 Å². The Balaban J connectivity index is 2.58. The van der Waals surface area contributed by atoms with Crippen LogP contribution >= 0.6 is 0 Å². The van der Waals surface area contributed by atoms with Crippen molar-refractivity contribution in [2.24, 2.45) is 0 Å². The minimum atomic E-state index is -3.88. The number of hydrogen-bond acceptors (Lipinski definition) is 8. The first-order chi connectivity index (χ1) is 11.1. The number of rotatable bonds is 10. The monoisotopic (exact) mass is 380 g/mol. The maximum Gasteiger partial charge on any atom is 0.337 e. The molecule has 0 spiro atoms. The van der Waals surface area contributed by atoms with Gasteiger partial charge in [-0.3, -0.25) is 8.37 Å². The molecule has 0 aliphatic carbocycles. The molecule has 0 amide bonds. The maximum absolute atomic E-state index is 12.0. The van der Waals surface area contributed by atoms with Gasteiger partial charge in [-0.15, -0.1) is 0 Å². The Labute approximate surface area is 142 Å². The van der Waals surface area contributed by atoms with E-state index in [1.54, 1.807) is 24.3 Å². The average Bonchev–Trinajstić information content (AvgIpc) is 2.47. The van der Waals surface area contributed by atoms with Crippen LogP contribution in [0.3, 0.4) is 0 Å².